The fourth-order valence-corrected chi connectivity index (χ4v) is 0.333. The van der Waals surface area contributed by atoms with E-state index in [0.29, 0.717) is 6.61 Å². The van der Waals surface area contributed by atoms with Gasteiger partial charge in [-0.05, 0) is 6.42 Å². The first-order valence-corrected chi connectivity index (χ1v) is 3.97. The van der Waals surface area contributed by atoms with Crippen LogP contribution in [-0.2, 0) is 9.47 Å². The molecule has 0 spiro atoms. The molecule has 0 aliphatic rings. The monoisotopic (exact) mass is 248 g/mol. The lowest BCUT2D eigenvalue weighted by Crippen LogP contribution is -2.19. The lowest BCUT2D eigenvalue weighted by atomic mass is 10.5. The van der Waals surface area contributed by atoms with Crippen molar-refractivity contribution in [1.82, 2.24) is 0 Å². The van der Waals surface area contributed by atoms with Crippen molar-refractivity contribution >= 4 is 12.3 Å². The molecule has 9 heteroatoms. The SMILES string of the molecule is CCCOC(=O)O.O=C(O)OCC(F)(F)F. The summed E-state index contributed by atoms with van der Waals surface area (Å²) in [5.74, 6) is 0. The molecule has 0 aromatic rings. The van der Waals surface area contributed by atoms with Crippen LogP contribution in [0.15, 0.2) is 0 Å². The summed E-state index contributed by atoms with van der Waals surface area (Å²) in [6, 6.07) is 0. The Morgan fingerprint density at radius 2 is 1.56 bits per heavy atom. The zero-order valence-corrected chi connectivity index (χ0v) is 8.28. The molecule has 0 radical (unpaired) electrons. The summed E-state index contributed by atoms with van der Waals surface area (Å²) >= 11 is 0. The molecule has 0 heterocycles. The largest absolute Gasteiger partial charge is 0.506 e. The van der Waals surface area contributed by atoms with Crippen molar-refractivity contribution in [2.75, 3.05) is 13.2 Å². The van der Waals surface area contributed by atoms with Crippen molar-refractivity contribution in [1.29, 1.82) is 0 Å². The van der Waals surface area contributed by atoms with E-state index < -0.39 is 25.1 Å². The second kappa shape index (κ2) is 8.62. The summed E-state index contributed by atoms with van der Waals surface area (Å²) < 4.78 is 40.4. The summed E-state index contributed by atoms with van der Waals surface area (Å²) in [5.41, 5.74) is 0. The fraction of sp³-hybridized carbons (Fsp3) is 0.714. The van der Waals surface area contributed by atoms with E-state index in [1.807, 2.05) is 6.92 Å². The summed E-state index contributed by atoms with van der Waals surface area (Å²) in [7, 11) is 0. The summed E-state index contributed by atoms with van der Waals surface area (Å²) in [5, 5.41) is 15.4. The smallest absolute Gasteiger partial charge is 0.450 e. The van der Waals surface area contributed by atoms with Crippen LogP contribution < -0.4 is 0 Å². The van der Waals surface area contributed by atoms with Crippen LogP contribution in [0.3, 0.4) is 0 Å². The maximum absolute atomic E-state index is 11.0. The van der Waals surface area contributed by atoms with E-state index in [4.69, 9.17) is 10.2 Å². The van der Waals surface area contributed by atoms with Crippen molar-refractivity contribution in [2.24, 2.45) is 0 Å². The van der Waals surface area contributed by atoms with Crippen molar-refractivity contribution in [3.8, 4) is 0 Å². The van der Waals surface area contributed by atoms with E-state index in [1.54, 1.807) is 0 Å². The van der Waals surface area contributed by atoms with Crippen LogP contribution in [0.5, 0.6) is 0 Å². The zero-order valence-electron chi connectivity index (χ0n) is 8.28. The Morgan fingerprint density at radius 3 is 1.69 bits per heavy atom. The highest BCUT2D eigenvalue weighted by Crippen LogP contribution is 2.14. The van der Waals surface area contributed by atoms with Gasteiger partial charge in [0.05, 0.1) is 6.61 Å². The lowest BCUT2D eigenvalue weighted by Gasteiger charge is -2.02. The summed E-state index contributed by atoms with van der Waals surface area (Å²) in [4.78, 5) is 18.9. The lowest BCUT2D eigenvalue weighted by molar-refractivity contribution is -0.163. The first-order chi connectivity index (χ1) is 7.19. The molecule has 0 atom stereocenters. The Bertz CT molecular complexity index is 215. The quantitative estimate of drug-likeness (QED) is 0.744. The van der Waals surface area contributed by atoms with Gasteiger partial charge in [0.2, 0.25) is 0 Å². The summed E-state index contributed by atoms with van der Waals surface area (Å²) in [6.45, 7) is 0.403. The van der Waals surface area contributed by atoms with Crippen molar-refractivity contribution in [3.05, 3.63) is 0 Å². The molecule has 0 aromatic carbocycles. The molecule has 0 aromatic heterocycles. The number of ether oxygens (including phenoxy) is 2. The van der Waals surface area contributed by atoms with Gasteiger partial charge in [0.1, 0.15) is 0 Å². The molecule has 0 rings (SSSR count). The number of carbonyl (C=O) groups is 2. The minimum Gasteiger partial charge on any atom is -0.450 e. The average molecular weight is 248 g/mol. The van der Waals surface area contributed by atoms with Gasteiger partial charge in [0, 0.05) is 0 Å². The predicted octanol–water partition coefficient (Wildman–Crippen LogP) is 2.33. The van der Waals surface area contributed by atoms with Gasteiger partial charge in [0.15, 0.2) is 6.61 Å². The second-order valence-electron chi connectivity index (χ2n) is 2.28. The van der Waals surface area contributed by atoms with Gasteiger partial charge in [-0.15, -0.1) is 0 Å². The van der Waals surface area contributed by atoms with Gasteiger partial charge in [-0.25, -0.2) is 9.59 Å². The molecule has 6 nitrogen and oxygen atoms in total. The molecule has 0 aliphatic heterocycles. The Morgan fingerprint density at radius 1 is 1.12 bits per heavy atom. The highest BCUT2D eigenvalue weighted by molar-refractivity contribution is 5.56. The van der Waals surface area contributed by atoms with E-state index in [9.17, 15) is 22.8 Å². The molecule has 16 heavy (non-hydrogen) atoms. The Hall–Kier alpha value is -1.67. The third kappa shape index (κ3) is 22.8. The van der Waals surface area contributed by atoms with Crippen LogP contribution in [0.25, 0.3) is 0 Å². The molecule has 0 amide bonds. The normalized spacial score (nSPS) is 9.75. The molecule has 0 unspecified atom stereocenters. The first-order valence-electron chi connectivity index (χ1n) is 3.97. The Labute approximate surface area is 88.6 Å². The van der Waals surface area contributed by atoms with E-state index in [0.717, 1.165) is 6.42 Å². The molecule has 0 aliphatic carbocycles. The summed E-state index contributed by atoms with van der Waals surface area (Å²) in [6.07, 6.45) is -6.95. The third-order valence-corrected chi connectivity index (χ3v) is 0.789. The minimum absolute atomic E-state index is 0.301. The Kier molecular flexibility index (Phi) is 9.03. The molecule has 2 N–H and O–H groups in total. The standard InChI is InChI=1S/C4H8O3.C3H3F3O3/c1-2-3-7-4(5)6;4-3(5,6)1-9-2(7)8/h2-3H2,1H3,(H,5,6);1H2,(H,7,8). The van der Waals surface area contributed by atoms with E-state index in [-0.39, 0.29) is 0 Å². The maximum atomic E-state index is 11.0. The van der Waals surface area contributed by atoms with Crippen molar-refractivity contribution in [3.63, 3.8) is 0 Å². The van der Waals surface area contributed by atoms with Gasteiger partial charge in [-0.1, -0.05) is 6.92 Å². The number of hydrogen-bond acceptors (Lipinski definition) is 4. The molecular weight excluding hydrogens is 237 g/mol. The number of rotatable bonds is 3. The highest BCUT2D eigenvalue weighted by Gasteiger charge is 2.29. The topological polar surface area (TPSA) is 93.1 Å². The van der Waals surface area contributed by atoms with Crippen LogP contribution in [0.2, 0.25) is 0 Å². The van der Waals surface area contributed by atoms with Gasteiger partial charge in [-0.3, -0.25) is 0 Å². The van der Waals surface area contributed by atoms with E-state index >= 15 is 0 Å². The highest BCUT2D eigenvalue weighted by atomic mass is 19.4. The molecule has 96 valence electrons. The second-order valence-corrected chi connectivity index (χ2v) is 2.28. The van der Waals surface area contributed by atoms with Crippen LogP contribution >= 0.6 is 0 Å². The number of carboxylic acid groups (broad SMARTS) is 2. The maximum Gasteiger partial charge on any atom is 0.506 e. The van der Waals surface area contributed by atoms with E-state index in [2.05, 4.69) is 9.47 Å². The van der Waals surface area contributed by atoms with Gasteiger partial charge < -0.3 is 19.7 Å². The Balaban J connectivity index is 0. The molecule has 0 saturated heterocycles. The molecule has 0 fully saturated rings. The van der Waals surface area contributed by atoms with Crippen molar-refractivity contribution in [2.45, 2.75) is 19.5 Å². The molecule has 0 saturated carbocycles. The molecule has 0 bridgehead atoms. The van der Waals surface area contributed by atoms with Gasteiger partial charge in [-0.2, -0.15) is 13.2 Å². The number of alkyl halides is 3. The van der Waals surface area contributed by atoms with Gasteiger partial charge >= 0.3 is 18.5 Å². The fourth-order valence-electron chi connectivity index (χ4n) is 0.333. The number of halogens is 3. The zero-order chi connectivity index (χ0) is 13.2. The number of hydrogen-bond donors (Lipinski definition) is 2. The molecular formula is C7H11F3O6. The van der Waals surface area contributed by atoms with Crippen LogP contribution in [-0.4, -0.2) is 41.9 Å². The predicted molar refractivity (Wildman–Crippen MR) is 44.3 cm³/mol. The average Bonchev–Trinajstić information content (AvgIpc) is 2.11. The van der Waals surface area contributed by atoms with Crippen LogP contribution in [0, 0.1) is 0 Å². The van der Waals surface area contributed by atoms with Crippen LogP contribution in [0.4, 0.5) is 22.8 Å². The first kappa shape index (κ1) is 16.7. The van der Waals surface area contributed by atoms with Crippen molar-refractivity contribution < 1.29 is 42.4 Å². The van der Waals surface area contributed by atoms with Crippen LogP contribution in [0.1, 0.15) is 13.3 Å². The minimum atomic E-state index is -4.57. The van der Waals surface area contributed by atoms with Gasteiger partial charge in [0.25, 0.3) is 0 Å². The third-order valence-electron chi connectivity index (χ3n) is 0.789. The van der Waals surface area contributed by atoms with E-state index in [1.165, 1.54) is 0 Å².